The smallest absolute Gasteiger partial charge is 0.408 e. The van der Waals surface area contributed by atoms with Crippen molar-refractivity contribution in [2.75, 3.05) is 26.3 Å². The molecular weight excluding hydrogens is 436 g/mol. The van der Waals surface area contributed by atoms with Crippen LogP contribution in [-0.4, -0.2) is 65.9 Å². The van der Waals surface area contributed by atoms with Crippen molar-refractivity contribution in [2.45, 2.75) is 44.2 Å². The number of ether oxygens (including phenoxy) is 2. The molecule has 34 heavy (non-hydrogen) atoms. The van der Waals surface area contributed by atoms with Gasteiger partial charge in [-0.3, -0.25) is 4.79 Å². The van der Waals surface area contributed by atoms with E-state index < -0.39 is 24.2 Å². The first kappa shape index (κ1) is 23.8. The van der Waals surface area contributed by atoms with Crippen molar-refractivity contribution >= 4 is 18.0 Å². The topological polar surface area (TPSA) is 105 Å². The van der Waals surface area contributed by atoms with Crippen LogP contribution in [0.3, 0.4) is 0 Å². The van der Waals surface area contributed by atoms with Gasteiger partial charge in [-0.05, 0) is 35.1 Å². The molecule has 8 nitrogen and oxygen atoms in total. The van der Waals surface area contributed by atoms with Gasteiger partial charge in [-0.1, -0.05) is 62.4 Å². The summed E-state index contributed by atoms with van der Waals surface area (Å²) in [4.78, 5) is 38.3. The van der Waals surface area contributed by atoms with E-state index >= 15 is 0 Å². The van der Waals surface area contributed by atoms with Gasteiger partial charge in [0.1, 0.15) is 18.8 Å². The van der Waals surface area contributed by atoms with E-state index in [1.807, 2.05) is 38.1 Å². The van der Waals surface area contributed by atoms with Gasteiger partial charge in [-0.15, -0.1) is 0 Å². The Morgan fingerprint density at radius 3 is 2.09 bits per heavy atom. The minimum atomic E-state index is -1.08. The highest BCUT2D eigenvalue weighted by molar-refractivity contribution is 5.90. The molecule has 0 aromatic heterocycles. The fourth-order valence-corrected chi connectivity index (χ4v) is 4.81. The number of rotatable bonds is 9. The first-order chi connectivity index (χ1) is 16.4. The molecular formula is C26H30N2O6. The molecule has 0 bridgehead atoms. The second-order valence-corrected chi connectivity index (χ2v) is 8.78. The van der Waals surface area contributed by atoms with E-state index in [1.54, 1.807) is 4.90 Å². The summed E-state index contributed by atoms with van der Waals surface area (Å²) in [5.41, 5.74) is 3.46. The SMILES string of the molecule is CCC(CC)(NC(=O)OCC1c2ccccc2-c2ccccc21)C(=O)N1CC(OCC(=O)O)C1. The molecule has 0 atom stereocenters. The fraction of sp³-hybridized carbons (Fsp3) is 0.423. The molecule has 2 aliphatic rings. The second kappa shape index (κ2) is 9.85. The predicted octanol–water partition coefficient (Wildman–Crippen LogP) is 3.40. The summed E-state index contributed by atoms with van der Waals surface area (Å²) in [6.07, 6.45) is -0.119. The summed E-state index contributed by atoms with van der Waals surface area (Å²) < 4.78 is 10.9. The van der Waals surface area contributed by atoms with Crippen LogP contribution >= 0.6 is 0 Å². The minimum Gasteiger partial charge on any atom is -0.480 e. The molecule has 2 aromatic carbocycles. The number of hydrogen-bond acceptors (Lipinski definition) is 5. The van der Waals surface area contributed by atoms with Crippen molar-refractivity contribution in [1.82, 2.24) is 10.2 Å². The van der Waals surface area contributed by atoms with Crippen LogP contribution in [0.5, 0.6) is 0 Å². The number of benzene rings is 2. The van der Waals surface area contributed by atoms with E-state index in [-0.39, 0.29) is 24.5 Å². The third kappa shape index (κ3) is 4.50. The molecule has 0 radical (unpaired) electrons. The van der Waals surface area contributed by atoms with Crippen molar-refractivity contribution in [3.05, 3.63) is 59.7 Å². The molecule has 1 saturated heterocycles. The molecule has 2 aromatic rings. The van der Waals surface area contributed by atoms with E-state index in [0.717, 1.165) is 22.3 Å². The lowest BCUT2D eigenvalue weighted by atomic mass is 9.89. The zero-order valence-electron chi connectivity index (χ0n) is 19.5. The number of hydrogen-bond donors (Lipinski definition) is 2. The number of carboxylic acids is 1. The van der Waals surface area contributed by atoms with E-state index in [1.165, 1.54) is 0 Å². The van der Waals surface area contributed by atoms with E-state index in [4.69, 9.17) is 14.6 Å². The number of nitrogens with zero attached hydrogens (tertiary/aromatic N) is 1. The normalized spacial score (nSPS) is 15.3. The lowest BCUT2D eigenvalue weighted by molar-refractivity contribution is -0.158. The highest BCUT2D eigenvalue weighted by Crippen LogP contribution is 2.44. The van der Waals surface area contributed by atoms with Gasteiger partial charge < -0.3 is 24.8 Å². The molecule has 4 rings (SSSR count). The lowest BCUT2D eigenvalue weighted by Crippen LogP contribution is -2.65. The van der Waals surface area contributed by atoms with Crippen molar-refractivity contribution in [3.63, 3.8) is 0 Å². The Balaban J connectivity index is 1.38. The number of alkyl carbamates (subject to hydrolysis) is 1. The van der Waals surface area contributed by atoms with Gasteiger partial charge in [0.05, 0.1) is 6.10 Å². The second-order valence-electron chi connectivity index (χ2n) is 8.78. The molecule has 1 aliphatic heterocycles. The Bertz CT molecular complexity index is 1030. The lowest BCUT2D eigenvalue weighted by Gasteiger charge is -2.44. The highest BCUT2D eigenvalue weighted by Gasteiger charge is 2.44. The van der Waals surface area contributed by atoms with Crippen molar-refractivity contribution in [2.24, 2.45) is 0 Å². The van der Waals surface area contributed by atoms with Crippen LogP contribution in [0.1, 0.15) is 43.7 Å². The highest BCUT2D eigenvalue weighted by atomic mass is 16.5. The Hall–Kier alpha value is -3.39. The van der Waals surface area contributed by atoms with E-state index in [2.05, 4.69) is 29.6 Å². The van der Waals surface area contributed by atoms with Crippen LogP contribution in [0.4, 0.5) is 4.79 Å². The largest absolute Gasteiger partial charge is 0.480 e. The number of likely N-dealkylation sites (tertiary alicyclic amines) is 1. The molecule has 8 heteroatoms. The van der Waals surface area contributed by atoms with Gasteiger partial charge in [-0.25, -0.2) is 9.59 Å². The van der Waals surface area contributed by atoms with Crippen LogP contribution in [0.25, 0.3) is 11.1 Å². The predicted molar refractivity (Wildman–Crippen MR) is 125 cm³/mol. The third-order valence-corrected chi connectivity index (χ3v) is 6.88. The summed E-state index contributed by atoms with van der Waals surface area (Å²) in [6, 6.07) is 16.2. The maximum Gasteiger partial charge on any atom is 0.408 e. The maximum absolute atomic E-state index is 13.2. The average molecular weight is 467 g/mol. The molecule has 1 fully saturated rings. The Morgan fingerprint density at radius 1 is 1.00 bits per heavy atom. The first-order valence-corrected chi connectivity index (χ1v) is 11.6. The zero-order valence-corrected chi connectivity index (χ0v) is 19.5. The third-order valence-electron chi connectivity index (χ3n) is 6.88. The number of fused-ring (bicyclic) bond motifs is 3. The molecule has 2 amide bonds. The molecule has 180 valence electrons. The standard InChI is InChI=1S/C26H30N2O6/c1-3-26(4-2,24(31)28-13-17(14-28)33-16-23(29)30)27-25(32)34-15-22-20-11-7-5-9-18(20)19-10-6-8-12-21(19)22/h5-12,17,22H,3-4,13-16H2,1-2H3,(H,27,32)(H,29,30). The van der Waals surface area contributed by atoms with E-state index in [9.17, 15) is 14.4 Å². The average Bonchev–Trinajstić information content (AvgIpc) is 3.13. The van der Waals surface area contributed by atoms with Gasteiger partial charge in [-0.2, -0.15) is 0 Å². The van der Waals surface area contributed by atoms with Crippen LogP contribution in [0, 0.1) is 0 Å². The number of carbonyl (C=O) groups is 3. The maximum atomic E-state index is 13.2. The summed E-state index contributed by atoms with van der Waals surface area (Å²) in [5, 5.41) is 11.6. The van der Waals surface area contributed by atoms with Gasteiger partial charge >= 0.3 is 12.1 Å². The Kier molecular flexibility index (Phi) is 6.88. The van der Waals surface area contributed by atoms with E-state index in [0.29, 0.717) is 25.9 Å². The quantitative estimate of drug-likeness (QED) is 0.587. The molecule has 0 spiro atoms. The molecule has 0 unspecified atom stereocenters. The van der Waals surface area contributed by atoms with Crippen molar-refractivity contribution in [1.29, 1.82) is 0 Å². The number of amides is 2. The summed E-state index contributed by atoms with van der Waals surface area (Å²) >= 11 is 0. The first-order valence-electron chi connectivity index (χ1n) is 11.6. The summed E-state index contributed by atoms with van der Waals surface area (Å²) in [6.45, 7) is 4.09. The number of carbonyl (C=O) groups excluding carboxylic acids is 2. The zero-order chi connectivity index (χ0) is 24.3. The van der Waals surface area contributed by atoms with Gasteiger partial charge in [0, 0.05) is 19.0 Å². The Morgan fingerprint density at radius 2 is 1.56 bits per heavy atom. The van der Waals surface area contributed by atoms with Crippen LogP contribution in [0.2, 0.25) is 0 Å². The summed E-state index contributed by atoms with van der Waals surface area (Å²) in [5.74, 6) is -1.31. The van der Waals surface area contributed by atoms with Crippen LogP contribution in [0.15, 0.2) is 48.5 Å². The summed E-state index contributed by atoms with van der Waals surface area (Å²) in [7, 11) is 0. The van der Waals surface area contributed by atoms with Crippen LogP contribution in [-0.2, 0) is 19.1 Å². The molecule has 1 aliphatic carbocycles. The number of carboxylic acid groups (broad SMARTS) is 1. The Labute approximate surface area is 198 Å². The monoisotopic (exact) mass is 466 g/mol. The number of aliphatic carboxylic acids is 1. The van der Waals surface area contributed by atoms with Crippen molar-refractivity contribution < 1.29 is 29.0 Å². The van der Waals surface area contributed by atoms with Crippen LogP contribution < -0.4 is 5.32 Å². The van der Waals surface area contributed by atoms with Gasteiger partial charge in [0.15, 0.2) is 0 Å². The number of nitrogens with one attached hydrogen (secondary N) is 1. The molecule has 0 saturated carbocycles. The van der Waals surface area contributed by atoms with Gasteiger partial charge in [0.25, 0.3) is 0 Å². The molecule has 2 N–H and O–H groups in total. The fourth-order valence-electron chi connectivity index (χ4n) is 4.81. The van der Waals surface area contributed by atoms with Gasteiger partial charge in [0.2, 0.25) is 5.91 Å². The van der Waals surface area contributed by atoms with Crippen molar-refractivity contribution in [3.8, 4) is 11.1 Å². The molecule has 1 heterocycles. The minimum absolute atomic E-state index is 0.0611.